The fraction of sp³-hybridized carbons (Fsp3) is 0.308. The van der Waals surface area contributed by atoms with Crippen molar-refractivity contribution in [1.82, 2.24) is 9.80 Å². The summed E-state index contributed by atoms with van der Waals surface area (Å²) in [5, 5.41) is 1.92. The summed E-state index contributed by atoms with van der Waals surface area (Å²) in [5.74, 6) is -1.38. The number of nitrogens with zero attached hydrogens (tertiary/aromatic N) is 2. The van der Waals surface area contributed by atoms with Crippen LogP contribution in [0.1, 0.15) is 45.3 Å². The predicted molar refractivity (Wildman–Crippen MR) is 127 cm³/mol. The Morgan fingerprint density at radius 3 is 2.29 bits per heavy atom. The van der Waals surface area contributed by atoms with E-state index in [-0.39, 0.29) is 36.9 Å². The molecule has 4 nitrogen and oxygen atoms in total. The standard InChI is InChI=1S/C26H26F4N2O2S/c1-3-12-31(25(34)20-5-4-6-21(14-20)26(28,29)30)17-24(33)32(16-23-18(2)11-13-35-23)15-19-7-9-22(27)10-8-19/h4-11,13-14H,3,12,15-17H2,1-2H3. The smallest absolute Gasteiger partial charge is 0.332 e. The molecule has 0 saturated carbocycles. The van der Waals surface area contributed by atoms with Crippen LogP contribution in [0.2, 0.25) is 0 Å². The van der Waals surface area contributed by atoms with Crippen LogP contribution in [-0.4, -0.2) is 34.7 Å². The molecule has 2 amide bonds. The first kappa shape index (κ1) is 26.4. The monoisotopic (exact) mass is 506 g/mol. The van der Waals surface area contributed by atoms with Gasteiger partial charge < -0.3 is 9.80 Å². The highest BCUT2D eigenvalue weighted by Crippen LogP contribution is 2.30. The molecular weight excluding hydrogens is 480 g/mol. The summed E-state index contributed by atoms with van der Waals surface area (Å²) in [7, 11) is 0. The van der Waals surface area contributed by atoms with Crippen LogP contribution in [0.25, 0.3) is 0 Å². The Bertz CT molecular complexity index is 1160. The van der Waals surface area contributed by atoms with Gasteiger partial charge in [0.2, 0.25) is 5.91 Å². The number of thiophene rings is 1. The quantitative estimate of drug-likeness (QED) is 0.320. The second kappa shape index (κ2) is 11.5. The first-order chi connectivity index (χ1) is 16.6. The van der Waals surface area contributed by atoms with Crippen LogP contribution in [0.4, 0.5) is 17.6 Å². The first-order valence-corrected chi connectivity index (χ1v) is 12.0. The molecule has 0 unspecified atom stereocenters. The zero-order valence-electron chi connectivity index (χ0n) is 19.4. The third kappa shape index (κ3) is 7.14. The largest absolute Gasteiger partial charge is 0.416 e. The SMILES string of the molecule is CCCN(CC(=O)N(Cc1ccc(F)cc1)Cc1sccc1C)C(=O)c1cccc(C(F)(F)F)c1. The summed E-state index contributed by atoms with van der Waals surface area (Å²) in [4.78, 5) is 30.3. The van der Waals surface area contributed by atoms with E-state index in [0.29, 0.717) is 13.0 Å². The molecule has 0 atom stereocenters. The van der Waals surface area contributed by atoms with E-state index in [0.717, 1.165) is 28.1 Å². The van der Waals surface area contributed by atoms with E-state index < -0.39 is 17.6 Å². The zero-order valence-corrected chi connectivity index (χ0v) is 20.3. The van der Waals surface area contributed by atoms with Crippen molar-refractivity contribution < 1.29 is 27.2 Å². The maximum atomic E-state index is 13.4. The maximum Gasteiger partial charge on any atom is 0.416 e. The van der Waals surface area contributed by atoms with Gasteiger partial charge in [0.15, 0.2) is 0 Å². The number of hydrogen-bond donors (Lipinski definition) is 0. The van der Waals surface area contributed by atoms with Crippen LogP contribution < -0.4 is 0 Å². The third-order valence-electron chi connectivity index (χ3n) is 5.49. The van der Waals surface area contributed by atoms with Crippen molar-refractivity contribution in [1.29, 1.82) is 0 Å². The number of alkyl halides is 3. The van der Waals surface area contributed by atoms with E-state index >= 15 is 0 Å². The lowest BCUT2D eigenvalue weighted by Crippen LogP contribution is -2.42. The molecule has 35 heavy (non-hydrogen) atoms. The van der Waals surface area contributed by atoms with Crippen molar-refractivity contribution in [2.24, 2.45) is 0 Å². The summed E-state index contributed by atoms with van der Waals surface area (Å²) in [6, 6.07) is 12.0. The minimum atomic E-state index is -4.58. The van der Waals surface area contributed by atoms with Crippen molar-refractivity contribution in [3.8, 4) is 0 Å². The second-order valence-corrected chi connectivity index (χ2v) is 9.21. The summed E-state index contributed by atoms with van der Waals surface area (Å²) in [6.45, 7) is 4.19. The predicted octanol–water partition coefficient (Wildman–Crippen LogP) is 6.30. The molecular formula is C26H26F4N2O2S. The van der Waals surface area contributed by atoms with Gasteiger partial charge in [0, 0.05) is 23.5 Å². The summed E-state index contributed by atoms with van der Waals surface area (Å²) < 4.78 is 52.8. The minimum Gasteiger partial charge on any atom is -0.332 e. The second-order valence-electron chi connectivity index (χ2n) is 8.21. The van der Waals surface area contributed by atoms with Gasteiger partial charge in [0.25, 0.3) is 5.91 Å². The molecule has 0 radical (unpaired) electrons. The van der Waals surface area contributed by atoms with Crippen molar-refractivity contribution in [3.05, 3.63) is 92.9 Å². The van der Waals surface area contributed by atoms with Crippen LogP contribution in [0.15, 0.2) is 60.0 Å². The fourth-order valence-electron chi connectivity index (χ4n) is 3.58. The Hall–Kier alpha value is -3.20. The minimum absolute atomic E-state index is 0.125. The number of benzene rings is 2. The topological polar surface area (TPSA) is 40.6 Å². The highest BCUT2D eigenvalue weighted by Gasteiger charge is 2.31. The van der Waals surface area contributed by atoms with Gasteiger partial charge in [0.05, 0.1) is 12.1 Å². The van der Waals surface area contributed by atoms with E-state index in [1.165, 1.54) is 40.5 Å². The van der Waals surface area contributed by atoms with Gasteiger partial charge in [0.1, 0.15) is 12.4 Å². The number of hydrogen-bond acceptors (Lipinski definition) is 3. The van der Waals surface area contributed by atoms with Crippen LogP contribution >= 0.6 is 11.3 Å². The molecule has 186 valence electrons. The molecule has 3 rings (SSSR count). The van der Waals surface area contributed by atoms with Crippen molar-refractivity contribution in [2.45, 2.75) is 39.5 Å². The molecule has 0 bridgehead atoms. The van der Waals surface area contributed by atoms with Crippen molar-refractivity contribution in [2.75, 3.05) is 13.1 Å². The Morgan fingerprint density at radius 1 is 0.971 bits per heavy atom. The van der Waals surface area contributed by atoms with Crippen LogP contribution in [0.5, 0.6) is 0 Å². The van der Waals surface area contributed by atoms with Crippen molar-refractivity contribution >= 4 is 23.2 Å². The molecule has 9 heteroatoms. The summed E-state index contributed by atoms with van der Waals surface area (Å²) in [5.41, 5.74) is 0.704. The van der Waals surface area contributed by atoms with Crippen molar-refractivity contribution in [3.63, 3.8) is 0 Å². The lowest BCUT2D eigenvalue weighted by atomic mass is 10.1. The Morgan fingerprint density at radius 2 is 1.69 bits per heavy atom. The summed E-state index contributed by atoms with van der Waals surface area (Å²) in [6.07, 6.45) is -4.05. The maximum absolute atomic E-state index is 13.4. The van der Waals surface area contributed by atoms with E-state index in [1.54, 1.807) is 17.0 Å². The molecule has 0 N–H and O–H groups in total. The molecule has 1 aromatic heterocycles. The van der Waals surface area contributed by atoms with Crippen LogP contribution in [0.3, 0.4) is 0 Å². The normalized spacial score (nSPS) is 11.4. The molecule has 3 aromatic rings. The Labute approximate surface area is 205 Å². The van der Waals surface area contributed by atoms with E-state index in [1.807, 2.05) is 25.3 Å². The lowest BCUT2D eigenvalue weighted by molar-refractivity contribution is -0.137. The Kier molecular flexibility index (Phi) is 8.67. The average Bonchev–Trinajstić information content (AvgIpc) is 3.23. The van der Waals surface area contributed by atoms with Gasteiger partial charge in [-0.2, -0.15) is 13.2 Å². The van der Waals surface area contributed by atoms with Gasteiger partial charge in [-0.05, 0) is 66.2 Å². The molecule has 0 saturated heterocycles. The number of rotatable bonds is 9. The molecule has 0 aliphatic rings. The molecule has 0 aliphatic heterocycles. The lowest BCUT2D eigenvalue weighted by Gasteiger charge is -2.28. The van der Waals surface area contributed by atoms with Gasteiger partial charge in [-0.15, -0.1) is 11.3 Å². The van der Waals surface area contributed by atoms with E-state index in [4.69, 9.17) is 0 Å². The fourth-order valence-corrected chi connectivity index (χ4v) is 4.50. The Balaban J connectivity index is 1.83. The van der Waals surface area contributed by atoms with Crippen LogP contribution in [-0.2, 0) is 24.1 Å². The molecule has 0 spiro atoms. The molecule has 0 fully saturated rings. The van der Waals surface area contributed by atoms with E-state index in [9.17, 15) is 27.2 Å². The molecule has 1 heterocycles. The number of carbonyl (C=O) groups is 2. The molecule has 2 aromatic carbocycles. The third-order valence-corrected chi connectivity index (χ3v) is 6.49. The number of carbonyl (C=O) groups excluding carboxylic acids is 2. The summed E-state index contributed by atoms with van der Waals surface area (Å²) >= 11 is 1.50. The highest BCUT2D eigenvalue weighted by atomic mass is 32.1. The number of amides is 2. The van der Waals surface area contributed by atoms with Gasteiger partial charge in [-0.1, -0.05) is 25.1 Å². The zero-order chi connectivity index (χ0) is 25.6. The van der Waals surface area contributed by atoms with Gasteiger partial charge in [-0.25, -0.2) is 4.39 Å². The van der Waals surface area contributed by atoms with Crippen LogP contribution in [0, 0.1) is 12.7 Å². The number of aryl methyl sites for hydroxylation is 1. The van der Waals surface area contributed by atoms with Gasteiger partial charge >= 0.3 is 6.18 Å². The first-order valence-electron chi connectivity index (χ1n) is 11.1. The van der Waals surface area contributed by atoms with E-state index in [2.05, 4.69) is 0 Å². The van der Waals surface area contributed by atoms with Gasteiger partial charge in [-0.3, -0.25) is 9.59 Å². The molecule has 0 aliphatic carbocycles. The highest BCUT2D eigenvalue weighted by molar-refractivity contribution is 7.10. The average molecular weight is 507 g/mol. The number of halogens is 4.